The Morgan fingerprint density at radius 3 is 2.29 bits per heavy atom. The van der Waals surface area contributed by atoms with Crippen LogP contribution in [0.3, 0.4) is 0 Å². The van der Waals surface area contributed by atoms with Crippen LogP contribution in [0, 0.1) is 16.7 Å². The Balaban J connectivity index is 1.24. The van der Waals surface area contributed by atoms with Crippen LogP contribution in [0.2, 0.25) is 0 Å². The molecule has 4 heteroatoms. The molecule has 0 fully saturated rings. The molecule has 0 unspecified atom stereocenters. The lowest BCUT2D eigenvalue weighted by atomic mass is 9.82. The number of nitriles is 1. The first-order valence-electron chi connectivity index (χ1n) is 16.1. The third kappa shape index (κ3) is 4.85. The molecule has 1 aliphatic carbocycles. The minimum absolute atomic E-state index is 0.0709. The molecule has 48 heavy (non-hydrogen) atoms. The van der Waals surface area contributed by atoms with Crippen molar-refractivity contribution in [1.82, 2.24) is 4.57 Å². The van der Waals surface area contributed by atoms with Crippen molar-refractivity contribution in [2.75, 3.05) is 0 Å². The number of benzene rings is 6. The first kappa shape index (κ1) is 29.1. The van der Waals surface area contributed by atoms with Crippen LogP contribution in [0.4, 0.5) is 0 Å². The molecule has 8 rings (SSSR count). The largest absolute Gasteiger partial charge is 0.309 e. The molecule has 0 radical (unpaired) electrons. The van der Waals surface area contributed by atoms with E-state index in [1.165, 1.54) is 38.5 Å². The highest BCUT2D eigenvalue weighted by atomic mass is 15.0. The fourth-order valence-electron chi connectivity index (χ4n) is 7.11. The Morgan fingerprint density at radius 2 is 1.44 bits per heavy atom. The molecular formula is C44H32N4. The quantitative estimate of drug-likeness (QED) is 0.186. The molecule has 0 aliphatic heterocycles. The van der Waals surface area contributed by atoms with Crippen molar-refractivity contribution < 1.29 is 0 Å². The van der Waals surface area contributed by atoms with Gasteiger partial charge in [0.2, 0.25) is 0 Å². The zero-order chi connectivity index (χ0) is 32.8. The minimum Gasteiger partial charge on any atom is -0.309 e. The van der Waals surface area contributed by atoms with Crippen molar-refractivity contribution >= 4 is 39.4 Å². The van der Waals surface area contributed by atoms with Crippen molar-refractivity contribution in [3.05, 3.63) is 179 Å². The van der Waals surface area contributed by atoms with E-state index in [4.69, 9.17) is 10.4 Å². The Kier molecular flexibility index (Phi) is 6.97. The van der Waals surface area contributed by atoms with E-state index in [0.29, 0.717) is 22.5 Å². The number of aromatic nitrogens is 1. The molecule has 0 amide bonds. The summed E-state index contributed by atoms with van der Waals surface area (Å²) in [6, 6.07) is 49.9. The number of nitrogens with one attached hydrogen (secondary N) is 1. The third-order valence-electron chi connectivity index (χ3n) is 9.51. The summed E-state index contributed by atoms with van der Waals surface area (Å²) in [6.45, 7) is 4.66. The Morgan fingerprint density at radius 1 is 0.688 bits per heavy atom. The van der Waals surface area contributed by atoms with E-state index < -0.39 is 0 Å². The van der Waals surface area contributed by atoms with Crippen LogP contribution in [-0.2, 0) is 5.41 Å². The summed E-state index contributed by atoms with van der Waals surface area (Å²) < 4.78 is 2.36. The first-order valence-corrected chi connectivity index (χ1v) is 16.1. The first-order chi connectivity index (χ1) is 23.4. The second kappa shape index (κ2) is 11.5. The normalized spacial score (nSPS) is 13.5. The molecule has 0 saturated heterocycles. The van der Waals surface area contributed by atoms with Gasteiger partial charge in [0, 0.05) is 39.2 Å². The predicted octanol–water partition coefficient (Wildman–Crippen LogP) is 10.5. The van der Waals surface area contributed by atoms with Gasteiger partial charge in [0.25, 0.3) is 0 Å². The molecule has 6 aromatic carbocycles. The number of fused-ring (bicyclic) bond motifs is 6. The van der Waals surface area contributed by atoms with E-state index in [1.807, 2.05) is 42.6 Å². The second-order valence-electron chi connectivity index (χ2n) is 12.8. The maximum absolute atomic E-state index is 9.36. The lowest BCUT2D eigenvalue weighted by Gasteiger charge is -2.21. The van der Waals surface area contributed by atoms with E-state index in [0.717, 1.165) is 22.3 Å². The summed E-state index contributed by atoms with van der Waals surface area (Å²) in [5.74, 6) is 0. The molecule has 228 valence electrons. The maximum Gasteiger partial charge on any atom is 0.0991 e. The van der Waals surface area contributed by atoms with Crippen molar-refractivity contribution in [3.8, 4) is 22.9 Å². The van der Waals surface area contributed by atoms with Gasteiger partial charge >= 0.3 is 0 Å². The summed E-state index contributed by atoms with van der Waals surface area (Å²) in [5, 5.41) is 20.6. The van der Waals surface area contributed by atoms with Gasteiger partial charge in [0.05, 0.1) is 34.1 Å². The number of allylic oxidation sites excluding steroid dienone is 1. The van der Waals surface area contributed by atoms with Gasteiger partial charge in [-0.1, -0.05) is 111 Å². The summed E-state index contributed by atoms with van der Waals surface area (Å²) in [6.07, 6.45) is 3.63. The molecule has 0 atom stereocenters. The van der Waals surface area contributed by atoms with Crippen LogP contribution >= 0.6 is 0 Å². The predicted molar refractivity (Wildman–Crippen MR) is 198 cm³/mol. The number of aliphatic imine (C=N–C) groups is 1. The second-order valence-corrected chi connectivity index (χ2v) is 12.8. The minimum atomic E-state index is -0.0709. The van der Waals surface area contributed by atoms with Crippen molar-refractivity contribution in [2.24, 2.45) is 4.99 Å². The van der Waals surface area contributed by atoms with E-state index in [9.17, 15) is 5.26 Å². The number of rotatable bonds is 6. The van der Waals surface area contributed by atoms with Crippen LogP contribution < -0.4 is 0 Å². The summed E-state index contributed by atoms with van der Waals surface area (Å²) in [5.41, 5.74) is 12.7. The summed E-state index contributed by atoms with van der Waals surface area (Å²) in [7, 11) is 0. The number of nitrogens with zero attached hydrogens (tertiary/aromatic N) is 3. The lowest BCUT2D eigenvalue weighted by Crippen LogP contribution is -2.14. The van der Waals surface area contributed by atoms with E-state index in [2.05, 4.69) is 109 Å². The van der Waals surface area contributed by atoms with Crippen molar-refractivity contribution in [3.63, 3.8) is 0 Å². The van der Waals surface area contributed by atoms with Gasteiger partial charge in [-0.05, 0) is 76.4 Å². The summed E-state index contributed by atoms with van der Waals surface area (Å²) >= 11 is 0. The zero-order valence-corrected chi connectivity index (χ0v) is 26.8. The number of hydrogen-bond acceptors (Lipinski definition) is 3. The van der Waals surface area contributed by atoms with E-state index in [-0.39, 0.29) is 5.41 Å². The fourth-order valence-corrected chi connectivity index (χ4v) is 7.11. The molecule has 0 spiro atoms. The maximum atomic E-state index is 9.36. The van der Waals surface area contributed by atoms with Gasteiger partial charge in [0.1, 0.15) is 0 Å². The Hall–Kier alpha value is -6.31. The third-order valence-corrected chi connectivity index (χ3v) is 9.51. The molecule has 0 bridgehead atoms. The van der Waals surface area contributed by atoms with Crippen LogP contribution in [0.15, 0.2) is 151 Å². The molecule has 4 nitrogen and oxygen atoms in total. The van der Waals surface area contributed by atoms with Gasteiger partial charge < -0.3 is 9.98 Å². The van der Waals surface area contributed by atoms with E-state index in [1.54, 1.807) is 24.3 Å². The van der Waals surface area contributed by atoms with Gasteiger partial charge in [-0.3, -0.25) is 4.99 Å². The van der Waals surface area contributed by atoms with Gasteiger partial charge in [0.15, 0.2) is 0 Å². The zero-order valence-electron chi connectivity index (χ0n) is 26.8. The van der Waals surface area contributed by atoms with Gasteiger partial charge in [-0.25, -0.2) is 0 Å². The lowest BCUT2D eigenvalue weighted by molar-refractivity contribution is 0.661. The molecular weight excluding hydrogens is 585 g/mol. The highest BCUT2D eigenvalue weighted by molar-refractivity contribution is 6.12. The van der Waals surface area contributed by atoms with Crippen LogP contribution in [0.1, 0.15) is 47.2 Å². The topological polar surface area (TPSA) is 64.9 Å². The van der Waals surface area contributed by atoms with E-state index >= 15 is 0 Å². The molecule has 1 aliphatic rings. The van der Waals surface area contributed by atoms with Crippen LogP contribution in [0.5, 0.6) is 0 Å². The number of hydrogen-bond donors (Lipinski definition) is 1. The molecule has 1 aromatic heterocycles. The van der Waals surface area contributed by atoms with Gasteiger partial charge in [-0.2, -0.15) is 5.26 Å². The number of para-hydroxylation sites is 1. The van der Waals surface area contributed by atoms with Crippen molar-refractivity contribution in [1.29, 1.82) is 10.7 Å². The Labute approximate surface area is 280 Å². The van der Waals surface area contributed by atoms with Crippen molar-refractivity contribution in [2.45, 2.75) is 19.3 Å². The van der Waals surface area contributed by atoms with Gasteiger partial charge in [-0.15, -0.1) is 0 Å². The summed E-state index contributed by atoms with van der Waals surface area (Å²) in [4.78, 5) is 4.93. The average Bonchev–Trinajstić information content (AvgIpc) is 3.57. The smallest absolute Gasteiger partial charge is 0.0991 e. The molecule has 1 heterocycles. The fraction of sp³-hybridized carbons (Fsp3) is 0.0682. The highest BCUT2D eigenvalue weighted by Gasteiger charge is 2.36. The van der Waals surface area contributed by atoms with Crippen LogP contribution in [0.25, 0.3) is 44.3 Å². The molecule has 0 saturated carbocycles. The molecule has 7 aromatic rings. The monoisotopic (exact) mass is 616 g/mol. The Bertz CT molecular complexity index is 2500. The standard InChI is InChI=1S/C44H32N4/c1-44(2)38-20-8-6-18-34(38)36-25-43-37(24-39(36)44)35-19-7-9-21-42(35)48(43)33-17-11-13-30(23-33)28-47-41(31-14-4-3-5-15-31)26-40(46)32-16-10-12-29(22-32)27-45/h3-26,28,46H,1-2H3/b41-26-,46-40?,47-28+. The highest BCUT2D eigenvalue weighted by Crippen LogP contribution is 2.50. The average molecular weight is 617 g/mol. The molecule has 1 N–H and O–H groups in total. The van der Waals surface area contributed by atoms with Crippen LogP contribution in [-0.4, -0.2) is 16.5 Å². The SMILES string of the molecule is CC1(C)c2ccccc2-c2cc3c(cc21)c1ccccc1n3-c1cccc(/C=N/C(=C\C(=N)c2cccc(C#N)c2)c2ccccc2)c1.